The van der Waals surface area contributed by atoms with Gasteiger partial charge >= 0.3 is 0 Å². The number of halogens is 1. The Kier molecular flexibility index (Phi) is 5.28. The molecule has 1 aromatic carbocycles. The summed E-state index contributed by atoms with van der Waals surface area (Å²) in [6.07, 6.45) is 0. The van der Waals surface area contributed by atoms with Crippen LogP contribution in [-0.4, -0.2) is 26.3 Å². The molecule has 0 bridgehead atoms. The first-order valence-corrected chi connectivity index (χ1v) is 9.53. The minimum atomic E-state index is -0.266. The zero-order chi connectivity index (χ0) is 20.6. The number of nitrogens with zero attached hydrogens (tertiary/aromatic N) is 4. The van der Waals surface area contributed by atoms with Crippen LogP contribution < -0.4 is 10.5 Å². The van der Waals surface area contributed by atoms with Gasteiger partial charge in [-0.25, -0.2) is 9.37 Å². The third kappa shape index (κ3) is 4.08. The number of aromatic nitrogens is 4. The third-order valence-corrected chi connectivity index (χ3v) is 4.56. The van der Waals surface area contributed by atoms with Crippen molar-refractivity contribution in [2.45, 2.75) is 46.6 Å². The van der Waals surface area contributed by atoms with Crippen molar-refractivity contribution in [1.29, 1.82) is 0 Å². The second-order valence-electron chi connectivity index (χ2n) is 8.71. The first-order valence-electron chi connectivity index (χ1n) is 9.53. The van der Waals surface area contributed by atoms with Gasteiger partial charge in [0, 0.05) is 25.6 Å². The van der Waals surface area contributed by atoms with Crippen LogP contribution >= 0.6 is 0 Å². The van der Waals surface area contributed by atoms with E-state index in [1.807, 2.05) is 4.90 Å². The molecule has 0 spiro atoms. The van der Waals surface area contributed by atoms with Crippen LogP contribution in [0.2, 0.25) is 0 Å². The molecule has 0 fully saturated rings. The van der Waals surface area contributed by atoms with E-state index in [1.165, 1.54) is 12.1 Å². The van der Waals surface area contributed by atoms with Gasteiger partial charge in [0.1, 0.15) is 11.3 Å². The van der Waals surface area contributed by atoms with Gasteiger partial charge in [0.15, 0.2) is 5.52 Å². The highest BCUT2D eigenvalue weighted by Crippen LogP contribution is 2.27. The van der Waals surface area contributed by atoms with Crippen molar-refractivity contribution < 1.29 is 4.39 Å². The number of aromatic amines is 1. The maximum Gasteiger partial charge on any atom is 0.278 e. The standard InChI is InChI=1S/C21H28FN5O/c1-13(2)11-27(12-14-7-9-15(22)10-8-14)20-23-16-17(19(28)24-20)26(6)25-18(16)21(3,4)5/h7-10,13H,11-12H2,1-6H3,(H,23,24,28). The molecule has 0 saturated carbocycles. The van der Waals surface area contributed by atoms with E-state index in [9.17, 15) is 9.18 Å². The van der Waals surface area contributed by atoms with E-state index in [0.29, 0.717) is 36.0 Å². The minimum absolute atomic E-state index is 0.210. The van der Waals surface area contributed by atoms with Gasteiger partial charge in [-0.15, -0.1) is 0 Å². The summed E-state index contributed by atoms with van der Waals surface area (Å²) in [5.74, 6) is 0.601. The number of rotatable bonds is 5. The maximum absolute atomic E-state index is 13.3. The largest absolute Gasteiger partial charge is 0.338 e. The molecule has 0 saturated heterocycles. The topological polar surface area (TPSA) is 66.8 Å². The lowest BCUT2D eigenvalue weighted by Gasteiger charge is -2.25. The van der Waals surface area contributed by atoms with Gasteiger partial charge in [-0.3, -0.25) is 14.5 Å². The van der Waals surface area contributed by atoms with Gasteiger partial charge < -0.3 is 4.90 Å². The molecule has 3 aromatic rings. The average Bonchev–Trinajstić information content (AvgIpc) is 2.93. The first kappa shape index (κ1) is 20.0. The van der Waals surface area contributed by atoms with Gasteiger partial charge in [0.05, 0.1) is 5.69 Å². The maximum atomic E-state index is 13.3. The van der Waals surface area contributed by atoms with E-state index in [-0.39, 0.29) is 16.8 Å². The summed E-state index contributed by atoms with van der Waals surface area (Å²) in [7, 11) is 1.76. The normalized spacial score (nSPS) is 12.1. The number of aryl methyl sites for hydroxylation is 1. The predicted octanol–water partition coefficient (Wildman–Crippen LogP) is 3.76. The van der Waals surface area contributed by atoms with Crippen LogP contribution in [-0.2, 0) is 19.0 Å². The summed E-state index contributed by atoms with van der Waals surface area (Å²) in [4.78, 5) is 22.6. The second-order valence-corrected chi connectivity index (χ2v) is 8.71. The quantitative estimate of drug-likeness (QED) is 0.726. The number of anilines is 1. The number of nitrogens with one attached hydrogen (secondary N) is 1. The van der Waals surface area contributed by atoms with Crippen LogP contribution in [0.1, 0.15) is 45.9 Å². The minimum Gasteiger partial charge on any atom is -0.338 e. The highest BCUT2D eigenvalue weighted by molar-refractivity contribution is 5.78. The van der Waals surface area contributed by atoms with Crippen molar-refractivity contribution in [2.24, 2.45) is 13.0 Å². The smallest absolute Gasteiger partial charge is 0.278 e. The van der Waals surface area contributed by atoms with Crippen LogP contribution in [0.3, 0.4) is 0 Å². The Morgan fingerprint density at radius 3 is 2.43 bits per heavy atom. The van der Waals surface area contributed by atoms with Gasteiger partial charge in [-0.05, 0) is 23.6 Å². The number of hydrogen-bond donors (Lipinski definition) is 1. The van der Waals surface area contributed by atoms with Gasteiger partial charge in [0.25, 0.3) is 5.56 Å². The van der Waals surface area contributed by atoms with Crippen LogP contribution in [0, 0.1) is 11.7 Å². The average molecular weight is 385 g/mol. The molecule has 2 heterocycles. The molecule has 0 atom stereocenters. The summed E-state index contributed by atoms with van der Waals surface area (Å²) in [5, 5.41) is 4.55. The molecule has 0 radical (unpaired) electrons. The summed E-state index contributed by atoms with van der Waals surface area (Å²) in [6.45, 7) is 11.6. The number of hydrogen-bond acceptors (Lipinski definition) is 4. The Morgan fingerprint density at radius 1 is 1.21 bits per heavy atom. The molecule has 150 valence electrons. The van der Waals surface area contributed by atoms with E-state index in [0.717, 1.165) is 11.3 Å². The molecule has 3 rings (SSSR count). The van der Waals surface area contributed by atoms with Crippen LogP contribution in [0.5, 0.6) is 0 Å². The van der Waals surface area contributed by atoms with E-state index in [2.05, 4.69) is 44.7 Å². The van der Waals surface area contributed by atoms with Crippen molar-refractivity contribution in [3.63, 3.8) is 0 Å². The summed E-state index contributed by atoms with van der Waals surface area (Å²) in [5.41, 5.74) is 2.40. The molecular weight excluding hydrogens is 357 g/mol. The second kappa shape index (κ2) is 7.37. The Bertz CT molecular complexity index is 1030. The Balaban J connectivity index is 2.11. The van der Waals surface area contributed by atoms with Crippen LogP contribution in [0.25, 0.3) is 11.0 Å². The number of H-pyrrole nitrogens is 1. The predicted molar refractivity (Wildman–Crippen MR) is 110 cm³/mol. The SMILES string of the molecule is CC(C)CN(Cc1ccc(F)cc1)c1nc2c(C(C)(C)C)nn(C)c2c(=O)[nH]1. The van der Waals surface area contributed by atoms with E-state index in [1.54, 1.807) is 23.9 Å². The zero-order valence-electron chi connectivity index (χ0n) is 17.4. The fourth-order valence-corrected chi connectivity index (χ4v) is 3.30. The first-order chi connectivity index (χ1) is 13.1. The van der Waals surface area contributed by atoms with Crippen LogP contribution in [0.4, 0.5) is 10.3 Å². The number of fused-ring (bicyclic) bond motifs is 1. The molecule has 0 aliphatic rings. The summed E-state index contributed by atoms with van der Waals surface area (Å²) < 4.78 is 14.9. The molecule has 2 aromatic heterocycles. The monoisotopic (exact) mass is 385 g/mol. The van der Waals surface area contributed by atoms with Gasteiger partial charge in [0.2, 0.25) is 5.95 Å². The lowest BCUT2D eigenvalue weighted by molar-refractivity contribution is 0.557. The van der Waals surface area contributed by atoms with Gasteiger partial charge in [-0.2, -0.15) is 5.10 Å². The van der Waals surface area contributed by atoms with Crippen molar-refractivity contribution in [3.05, 3.63) is 51.7 Å². The van der Waals surface area contributed by atoms with Crippen molar-refractivity contribution >= 4 is 17.0 Å². The molecule has 0 unspecified atom stereocenters. The zero-order valence-corrected chi connectivity index (χ0v) is 17.4. The Hall–Kier alpha value is -2.70. The highest BCUT2D eigenvalue weighted by Gasteiger charge is 2.25. The van der Waals surface area contributed by atoms with E-state index >= 15 is 0 Å². The fraction of sp³-hybridized carbons (Fsp3) is 0.476. The molecular formula is C21H28FN5O. The fourth-order valence-electron chi connectivity index (χ4n) is 3.30. The summed E-state index contributed by atoms with van der Waals surface area (Å²) in [6, 6.07) is 6.40. The Labute approximate surface area is 164 Å². The van der Waals surface area contributed by atoms with Crippen molar-refractivity contribution in [2.75, 3.05) is 11.4 Å². The third-order valence-electron chi connectivity index (χ3n) is 4.56. The Morgan fingerprint density at radius 2 is 1.86 bits per heavy atom. The number of benzene rings is 1. The molecule has 1 N–H and O–H groups in total. The molecule has 6 nitrogen and oxygen atoms in total. The highest BCUT2D eigenvalue weighted by atomic mass is 19.1. The molecule has 0 aliphatic heterocycles. The van der Waals surface area contributed by atoms with E-state index < -0.39 is 0 Å². The van der Waals surface area contributed by atoms with E-state index in [4.69, 9.17) is 4.98 Å². The van der Waals surface area contributed by atoms with Crippen molar-refractivity contribution in [1.82, 2.24) is 19.7 Å². The lowest BCUT2D eigenvalue weighted by atomic mass is 9.91. The molecule has 28 heavy (non-hydrogen) atoms. The summed E-state index contributed by atoms with van der Waals surface area (Å²) >= 11 is 0. The molecule has 0 aliphatic carbocycles. The molecule has 7 heteroatoms. The molecule has 0 amide bonds. The van der Waals surface area contributed by atoms with Crippen LogP contribution in [0.15, 0.2) is 29.1 Å². The van der Waals surface area contributed by atoms with Crippen molar-refractivity contribution in [3.8, 4) is 0 Å². The lowest BCUT2D eigenvalue weighted by Crippen LogP contribution is -2.31. The van der Waals surface area contributed by atoms with Gasteiger partial charge in [-0.1, -0.05) is 46.8 Å².